The van der Waals surface area contributed by atoms with Gasteiger partial charge in [0.25, 0.3) is 0 Å². The Balaban J connectivity index is 1.64. The van der Waals surface area contributed by atoms with Gasteiger partial charge in [0, 0.05) is 6.42 Å². The average molecular weight is 272 g/mol. The van der Waals surface area contributed by atoms with Crippen molar-refractivity contribution in [3.63, 3.8) is 0 Å². The van der Waals surface area contributed by atoms with Crippen molar-refractivity contribution < 1.29 is 9.84 Å². The first kappa shape index (κ1) is 12.7. The summed E-state index contributed by atoms with van der Waals surface area (Å²) in [4.78, 5) is 0. The van der Waals surface area contributed by atoms with E-state index in [1.165, 1.54) is 37.7 Å². The molecule has 0 spiro atoms. The quantitative estimate of drug-likeness (QED) is 0.913. The molecule has 4 aliphatic carbocycles. The average Bonchev–Trinajstić information content (AvgIpc) is 2.45. The molecule has 0 aromatic heterocycles. The maximum Gasteiger partial charge on any atom is 0.122 e. The highest BCUT2D eigenvalue weighted by Gasteiger charge is 2.56. The molecule has 0 saturated heterocycles. The maximum atomic E-state index is 11.4. The fourth-order valence-electron chi connectivity index (χ4n) is 5.44. The summed E-state index contributed by atoms with van der Waals surface area (Å²) in [5.74, 6) is 3.76. The molecule has 0 unspecified atom stereocenters. The van der Waals surface area contributed by atoms with Crippen LogP contribution < -0.4 is 4.74 Å². The monoisotopic (exact) mass is 272 g/mol. The first-order valence-electron chi connectivity index (χ1n) is 8.03. The van der Waals surface area contributed by atoms with Gasteiger partial charge in [-0.3, -0.25) is 0 Å². The molecular formula is C18H24O2. The number of hydrogen-bond donors (Lipinski definition) is 1. The topological polar surface area (TPSA) is 29.5 Å². The molecule has 5 rings (SSSR count). The fourth-order valence-corrected chi connectivity index (χ4v) is 5.44. The second-order valence-corrected chi connectivity index (χ2v) is 7.28. The molecule has 2 heteroatoms. The van der Waals surface area contributed by atoms with E-state index in [1.807, 2.05) is 12.1 Å². The molecule has 4 saturated carbocycles. The van der Waals surface area contributed by atoms with Gasteiger partial charge in [0.15, 0.2) is 0 Å². The molecule has 0 radical (unpaired) electrons. The highest BCUT2D eigenvalue weighted by atomic mass is 16.5. The fraction of sp³-hybridized carbons (Fsp3) is 0.667. The van der Waals surface area contributed by atoms with Crippen LogP contribution in [0.15, 0.2) is 24.3 Å². The zero-order chi connectivity index (χ0) is 13.7. The minimum atomic E-state index is -0.484. The predicted octanol–water partition coefficient (Wildman–Crippen LogP) is 3.42. The molecule has 1 N–H and O–H groups in total. The lowest BCUT2D eigenvalue weighted by atomic mass is 9.49. The van der Waals surface area contributed by atoms with Crippen LogP contribution in [0.5, 0.6) is 5.75 Å². The first-order chi connectivity index (χ1) is 9.69. The van der Waals surface area contributed by atoms with Gasteiger partial charge in [0.2, 0.25) is 0 Å². The van der Waals surface area contributed by atoms with Gasteiger partial charge in [-0.15, -0.1) is 0 Å². The van der Waals surface area contributed by atoms with Crippen LogP contribution in [-0.2, 0) is 6.42 Å². The second kappa shape index (κ2) is 4.49. The standard InChI is InChI=1S/C18H24O2/c1-20-17-5-3-2-4-14(17)11-18(19)15-7-12-6-13(9-15)10-16(18)8-12/h2-5,12-13,15-16,19H,6-11H2,1H3. The van der Waals surface area contributed by atoms with E-state index >= 15 is 0 Å². The van der Waals surface area contributed by atoms with E-state index < -0.39 is 5.60 Å². The maximum absolute atomic E-state index is 11.4. The number of methoxy groups -OCH3 is 1. The smallest absolute Gasteiger partial charge is 0.122 e. The van der Waals surface area contributed by atoms with E-state index in [-0.39, 0.29) is 0 Å². The van der Waals surface area contributed by atoms with Crippen LogP contribution in [0.2, 0.25) is 0 Å². The Bertz CT molecular complexity index is 480. The van der Waals surface area contributed by atoms with E-state index in [9.17, 15) is 5.11 Å². The van der Waals surface area contributed by atoms with Gasteiger partial charge >= 0.3 is 0 Å². The molecule has 1 aromatic carbocycles. The van der Waals surface area contributed by atoms with Gasteiger partial charge in [-0.1, -0.05) is 18.2 Å². The van der Waals surface area contributed by atoms with Crippen LogP contribution in [0.25, 0.3) is 0 Å². The molecule has 0 aliphatic heterocycles. The van der Waals surface area contributed by atoms with Crippen LogP contribution in [-0.4, -0.2) is 17.8 Å². The van der Waals surface area contributed by atoms with Crippen molar-refractivity contribution in [1.82, 2.24) is 0 Å². The van der Waals surface area contributed by atoms with Crippen LogP contribution in [0.1, 0.15) is 37.7 Å². The molecule has 0 atom stereocenters. The SMILES string of the molecule is COc1ccccc1CC1(O)C2CC3CC(C2)CC1C3. The van der Waals surface area contributed by atoms with Crippen molar-refractivity contribution in [3.05, 3.63) is 29.8 Å². The Morgan fingerprint density at radius 3 is 2.25 bits per heavy atom. The second-order valence-electron chi connectivity index (χ2n) is 7.28. The van der Waals surface area contributed by atoms with Crippen molar-refractivity contribution in [1.29, 1.82) is 0 Å². The number of ether oxygens (including phenoxy) is 1. The minimum Gasteiger partial charge on any atom is -0.496 e. The van der Waals surface area contributed by atoms with Gasteiger partial charge in [-0.05, 0) is 67.4 Å². The third-order valence-corrected chi connectivity index (χ3v) is 6.22. The summed E-state index contributed by atoms with van der Waals surface area (Å²) in [6, 6.07) is 8.18. The largest absolute Gasteiger partial charge is 0.496 e. The Labute approximate surface area is 121 Å². The van der Waals surface area contributed by atoms with Crippen LogP contribution in [0, 0.1) is 23.7 Å². The van der Waals surface area contributed by atoms with Crippen molar-refractivity contribution in [2.45, 2.75) is 44.1 Å². The number of para-hydroxylation sites is 1. The van der Waals surface area contributed by atoms with Crippen LogP contribution in [0.3, 0.4) is 0 Å². The van der Waals surface area contributed by atoms with E-state index in [2.05, 4.69) is 12.1 Å². The van der Waals surface area contributed by atoms with Crippen molar-refractivity contribution >= 4 is 0 Å². The molecule has 4 aliphatic rings. The lowest BCUT2D eigenvalue weighted by Gasteiger charge is -2.59. The summed E-state index contributed by atoms with van der Waals surface area (Å²) in [6.45, 7) is 0. The summed E-state index contributed by atoms with van der Waals surface area (Å²) in [6.07, 6.45) is 7.19. The molecule has 0 heterocycles. The number of aliphatic hydroxyl groups is 1. The third kappa shape index (κ3) is 1.81. The zero-order valence-electron chi connectivity index (χ0n) is 12.2. The Kier molecular flexibility index (Phi) is 2.85. The summed E-state index contributed by atoms with van der Waals surface area (Å²) in [5, 5.41) is 11.4. The molecule has 4 bridgehead atoms. The summed E-state index contributed by atoms with van der Waals surface area (Å²) in [5.41, 5.74) is 0.687. The Morgan fingerprint density at radius 1 is 1.05 bits per heavy atom. The lowest BCUT2D eigenvalue weighted by Crippen LogP contribution is -2.58. The first-order valence-corrected chi connectivity index (χ1v) is 8.03. The van der Waals surface area contributed by atoms with Gasteiger partial charge in [-0.2, -0.15) is 0 Å². The Morgan fingerprint density at radius 2 is 1.65 bits per heavy atom. The molecule has 0 amide bonds. The third-order valence-electron chi connectivity index (χ3n) is 6.22. The number of hydrogen-bond acceptors (Lipinski definition) is 2. The van der Waals surface area contributed by atoms with E-state index in [1.54, 1.807) is 7.11 Å². The lowest BCUT2D eigenvalue weighted by molar-refractivity contribution is -0.171. The highest BCUT2D eigenvalue weighted by molar-refractivity contribution is 5.35. The van der Waals surface area contributed by atoms with Gasteiger partial charge in [-0.25, -0.2) is 0 Å². The van der Waals surface area contributed by atoms with Crippen molar-refractivity contribution in [2.75, 3.05) is 7.11 Å². The minimum absolute atomic E-state index is 0.484. The van der Waals surface area contributed by atoms with Gasteiger partial charge in [0.1, 0.15) is 5.75 Å². The summed E-state index contributed by atoms with van der Waals surface area (Å²) in [7, 11) is 1.72. The van der Waals surface area contributed by atoms with E-state index in [0.717, 1.165) is 24.0 Å². The van der Waals surface area contributed by atoms with Crippen LogP contribution >= 0.6 is 0 Å². The summed E-state index contributed by atoms with van der Waals surface area (Å²) >= 11 is 0. The predicted molar refractivity (Wildman–Crippen MR) is 78.7 cm³/mol. The van der Waals surface area contributed by atoms with Gasteiger partial charge in [0.05, 0.1) is 12.7 Å². The molecular weight excluding hydrogens is 248 g/mol. The van der Waals surface area contributed by atoms with Crippen LogP contribution in [0.4, 0.5) is 0 Å². The summed E-state index contributed by atoms with van der Waals surface area (Å²) < 4.78 is 5.47. The van der Waals surface area contributed by atoms with E-state index in [4.69, 9.17) is 4.74 Å². The normalized spacial score (nSPS) is 41.9. The molecule has 1 aromatic rings. The van der Waals surface area contributed by atoms with Crippen molar-refractivity contribution in [3.8, 4) is 5.75 Å². The Hall–Kier alpha value is -1.02. The molecule has 20 heavy (non-hydrogen) atoms. The number of benzene rings is 1. The zero-order valence-corrected chi connectivity index (χ0v) is 12.2. The van der Waals surface area contributed by atoms with E-state index in [0.29, 0.717) is 11.8 Å². The van der Waals surface area contributed by atoms with Gasteiger partial charge < -0.3 is 9.84 Å². The molecule has 4 fully saturated rings. The van der Waals surface area contributed by atoms with Crippen molar-refractivity contribution in [2.24, 2.45) is 23.7 Å². The molecule has 108 valence electrons. The number of rotatable bonds is 3. The molecule has 2 nitrogen and oxygen atoms in total. The highest BCUT2D eigenvalue weighted by Crippen LogP contribution is 2.59.